The summed E-state index contributed by atoms with van der Waals surface area (Å²) >= 11 is 0. The standard InChI is InChI=1S/C19H21N5O2.2ClH/c20-15(9-14-10-21-12-22-14)19(25)24-7-6-17-16(11-24)23-18(26-17)8-13-4-2-1-3-5-13;;/h1-5,10,12,15H,6-9,11,20H2,(H,21,22);2*1H/t15-;;/m0../s1. The van der Waals surface area contributed by atoms with E-state index in [0.717, 1.165) is 22.7 Å². The third kappa shape index (κ3) is 4.92. The zero-order valence-electron chi connectivity index (χ0n) is 15.2. The fraction of sp³-hybridized carbons (Fsp3) is 0.316. The average molecular weight is 424 g/mol. The van der Waals surface area contributed by atoms with Crippen LogP contribution in [-0.2, 0) is 30.6 Å². The number of nitrogens with two attached hydrogens (primary N) is 1. The summed E-state index contributed by atoms with van der Waals surface area (Å²) in [5.74, 6) is 1.50. The number of nitrogens with one attached hydrogen (secondary N) is 1. The molecular formula is C19H23Cl2N5O2. The van der Waals surface area contributed by atoms with Gasteiger partial charge in [-0.1, -0.05) is 30.3 Å². The first kappa shape index (κ1) is 21.9. The van der Waals surface area contributed by atoms with E-state index >= 15 is 0 Å². The Labute approximate surface area is 175 Å². The number of nitrogens with zero attached hydrogens (tertiary/aromatic N) is 3. The van der Waals surface area contributed by atoms with Gasteiger partial charge in [-0.05, 0) is 5.56 Å². The van der Waals surface area contributed by atoms with Crippen molar-refractivity contribution < 1.29 is 9.21 Å². The van der Waals surface area contributed by atoms with Crippen LogP contribution in [0.3, 0.4) is 0 Å². The Bertz CT molecular complexity index is 883. The van der Waals surface area contributed by atoms with Crippen LogP contribution in [0.1, 0.15) is 28.6 Å². The molecule has 0 aliphatic carbocycles. The van der Waals surface area contributed by atoms with Gasteiger partial charge in [-0.2, -0.15) is 0 Å². The summed E-state index contributed by atoms with van der Waals surface area (Å²) in [6.07, 6.45) is 5.04. The van der Waals surface area contributed by atoms with E-state index in [1.807, 2.05) is 30.3 Å². The molecule has 0 radical (unpaired) electrons. The molecule has 0 fully saturated rings. The number of hydrogen-bond acceptors (Lipinski definition) is 5. The van der Waals surface area contributed by atoms with Crippen molar-refractivity contribution in [1.29, 1.82) is 0 Å². The van der Waals surface area contributed by atoms with Gasteiger partial charge in [-0.3, -0.25) is 4.79 Å². The van der Waals surface area contributed by atoms with Crippen LogP contribution >= 0.6 is 24.8 Å². The predicted octanol–water partition coefficient (Wildman–Crippen LogP) is 2.29. The molecule has 2 aromatic heterocycles. The molecule has 150 valence electrons. The number of imidazole rings is 1. The number of hydrogen-bond donors (Lipinski definition) is 2. The highest BCUT2D eigenvalue weighted by atomic mass is 35.5. The summed E-state index contributed by atoms with van der Waals surface area (Å²) in [5.41, 5.74) is 8.93. The highest BCUT2D eigenvalue weighted by Gasteiger charge is 2.28. The van der Waals surface area contributed by atoms with Crippen LogP contribution in [0.4, 0.5) is 0 Å². The number of carbonyl (C=O) groups excluding carboxylic acids is 1. The van der Waals surface area contributed by atoms with Gasteiger partial charge in [-0.25, -0.2) is 9.97 Å². The summed E-state index contributed by atoms with van der Waals surface area (Å²) in [6, 6.07) is 9.49. The highest BCUT2D eigenvalue weighted by molar-refractivity contribution is 5.85. The summed E-state index contributed by atoms with van der Waals surface area (Å²) in [5, 5.41) is 0. The van der Waals surface area contributed by atoms with E-state index in [2.05, 4.69) is 15.0 Å². The quantitative estimate of drug-likeness (QED) is 0.655. The van der Waals surface area contributed by atoms with Crippen LogP contribution in [-0.4, -0.2) is 38.3 Å². The minimum atomic E-state index is -0.590. The fourth-order valence-electron chi connectivity index (χ4n) is 3.24. The summed E-state index contributed by atoms with van der Waals surface area (Å²) in [7, 11) is 0. The second-order valence-electron chi connectivity index (χ2n) is 6.54. The number of amides is 1. The van der Waals surface area contributed by atoms with Crippen molar-refractivity contribution in [3.8, 4) is 0 Å². The SMILES string of the molecule is Cl.Cl.N[C@@H](Cc1cnc[nH]1)C(=O)N1CCc2oc(Cc3ccccc3)nc2C1. The van der Waals surface area contributed by atoms with E-state index in [1.165, 1.54) is 0 Å². The predicted molar refractivity (Wildman–Crippen MR) is 110 cm³/mol. The van der Waals surface area contributed by atoms with Crippen LogP contribution in [0.15, 0.2) is 47.3 Å². The van der Waals surface area contributed by atoms with Gasteiger partial charge in [0.2, 0.25) is 5.91 Å². The number of fused-ring (bicyclic) bond motifs is 1. The molecule has 3 N–H and O–H groups in total. The summed E-state index contributed by atoms with van der Waals surface area (Å²) in [6.45, 7) is 1.05. The molecule has 1 aliphatic rings. The highest BCUT2D eigenvalue weighted by Crippen LogP contribution is 2.22. The zero-order valence-corrected chi connectivity index (χ0v) is 16.8. The monoisotopic (exact) mass is 423 g/mol. The second kappa shape index (κ2) is 9.73. The number of carbonyl (C=O) groups is 1. The molecule has 28 heavy (non-hydrogen) atoms. The number of aromatic nitrogens is 3. The first-order chi connectivity index (χ1) is 12.7. The molecule has 0 bridgehead atoms. The van der Waals surface area contributed by atoms with Crippen molar-refractivity contribution in [3.05, 3.63) is 71.5 Å². The largest absolute Gasteiger partial charge is 0.445 e. The van der Waals surface area contributed by atoms with Crippen LogP contribution in [0.5, 0.6) is 0 Å². The van der Waals surface area contributed by atoms with E-state index in [0.29, 0.717) is 38.2 Å². The van der Waals surface area contributed by atoms with Gasteiger partial charge in [0.15, 0.2) is 5.89 Å². The van der Waals surface area contributed by atoms with Crippen molar-refractivity contribution in [2.24, 2.45) is 5.73 Å². The molecule has 1 aliphatic heterocycles. The van der Waals surface area contributed by atoms with E-state index in [1.54, 1.807) is 17.4 Å². The van der Waals surface area contributed by atoms with E-state index < -0.39 is 6.04 Å². The van der Waals surface area contributed by atoms with Crippen molar-refractivity contribution in [2.45, 2.75) is 31.8 Å². The van der Waals surface area contributed by atoms with Crippen molar-refractivity contribution in [1.82, 2.24) is 19.9 Å². The lowest BCUT2D eigenvalue weighted by atomic mass is 10.1. The molecule has 7 nitrogen and oxygen atoms in total. The molecule has 1 aromatic carbocycles. The van der Waals surface area contributed by atoms with E-state index in [4.69, 9.17) is 10.2 Å². The number of aromatic amines is 1. The van der Waals surface area contributed by atoms with Crippen LogP contribution in [0.25, 0.3) is 0 Å². The van der Waals surface area contributed by atoms with Gasteiger partial charge in [0.1, 0.15) is 11.5 Å². The topological polar surface area (TPSA) is 101 Å². The minimum absolute atomic E-state index is 0. The van der Waals surface area contributed by atoms with Crippen molar-refractivity contribution in [3.63, 3.8) is 0 Å². The second-order valence-corrected chi connectivity index (χ2v) is 6.54. The zero-order chi connectivity index (χ0) is 17.9. The van der Waals surface area contributed by atoms with Crippen molar-refractivity contribution >= 4 is 30.7 Å². The molecule has 1 atom stereocenters. The summed E-state index contributed by atoms with van der Waals surface area (Å²) in [4.78, 5) is 25.9. The Morgan fingerprint density at radius 1 is 1.29 bits per heavy atom. The van der Waals surface area contributed by atoms with Gasteiger partial charge >= 0.3 is 0 Å². The maximum atomic E-state index is 12.6. The molecule has 0 saturated carbocycles. The Morgan fingerprint density at radius 2 is 2.07 bits per heavy atom. The molecule has 1 amide bonds. The minimum Gasteiger partial charge on any atom is -0.445 e. The fourth-order valence-corrected chi connectivity index (χ4v) is 3.24. The summed E-state index contributed by atoms with van der Waals surface area (Å²) < 4.78 is 5.89. The normalized spacial score (nSPS) is 13.8. The number of rotatable bonds is 5. The Kier molecular flexibility index (Phi) is 7.62. The third-order valence-corrected chi connectivity index (χ3v) is 4.59. The third-order valence-electron chi connectivity index (χ3n) is 4.59. The molecule has 3 aromatic rings. The van der Waals surface area contributed by atoms with Crippen molar-refractivity contribution in [2.75, 3.05) is 6.54 Å². The first-order valence-electron chi connectivity index (χ1n) is 8.72. The van der Waals surface area contributed by atoms with Gasteiger partial charge in [0, 0.05) is 37.7 Å². The molecule has 3 heterocycles. The molecule has 9 heteroatoms. The van der Waals surface area contributed by atoms with Gasteiger partial charge in [0.25, 0.3) is 0 Å². The smallest absolute Gasteiger partial charge is 0.240 e. The maximum Gasteiger partial charge on any atom is 0.240 e. The van der Waals surface area contributed by atoms with E-state index in [-0.39, 0.29) is 30.7 Å². The van der Waals surface area contributed by atoms with Crippen LogP contribution in [0, 0.1) is 0 Å². The molecule has 0 spiro atoms. The molecule has 4 rings (SSSR count). The average Bonchev–Trinajstić information content (AvgIpc) is 3.30. The maximum absolute atomic E-state index is 12.6. The number of oxazole rings is 1. The lowest BCUT2D eigenvalue weighted by Gasteiger charge is -2.27. The van der Waals surface area contributed by atoms with Gasteiger partial charge in [-0.15, -0.1) is 24.8 Å². The molecular weight excluding hydrogens is 401 g/mol. The lowest BCUT2D eigenvalue weighted by molar-refractivity contribution is -0.133. The number of benzene rings is 1. The molecule has 0 saturated heterocycles. The number of H-pyrrole nitrogens is 1. The van der Waals surface area contributed by atoms with Crippen LogP contribution < -0.4 is 5.73 Å². The van der Waals surface area contributed by atoms with Gasteiger partial charge in [0.05, 0.1) is 18.9 Å². The Balaban J connectivity index is 0.00000140. The number of halogens is 2. The lowest BCUT2D eigenvalue weighted by Crippen LogP contribution is -2.46. The Morgan fingerprint density at radius 3 is 2.79 bits per heavy atom. The molecule has 0 unspecified atom stereocenters. The first-order valence-corrected chi connectivity index (χ1v) is 8.72. The van der Waals surface area contributed by atoms with Crippen LogP contribution in [0.2, 0.25) is 0 Å². The van der Waals surface area contributed by atoms with E-state index in [9.17, 15) is 4.79 Å². The Hall–Kier alpha value is -2.35. The van der Waals surface area contributed by atoms with Gasteiger partial charge < -0.3 is 20.0 Å².